The van der Waals surface area contributed by atoms with E-state index in [2.05, 4.69) is 5.32 Å². The Balaban J connectivity index is 1.52. The van der Waals surface area contributed by atoms with E-state index in [1.54, 1.807) is 36.4 Å². The number of aryl methyl sites for hydroxylation is 1. The molecule has 2 amide bonds. The van der Waals surface area contributed by atoms with Gasteiger partial charge in [-0.2, -0.15) is 0 Å². The van der Waals surface area contributed by atoms with Gasteiger partial charge in [0, 0.05) is 40.8 Å². The molecule has 1 fully saturated rings. The number of rotatable bonds is 5. The number of carbonyl (C=O) groups excluding carboxylic acids is 2. The SMILES string of the molecule is O=C(CCc1ccc(Cl)cc1Cl)Nc1ccc(C(=O)N2CCCCC2)cc1. The van der Waals surface area contributed by atoms with Gasteiger partial charge in [-0.25, -0.2) is 0 Å². The van der Waals surface area contributed by atoms with Crippen LogP contribution in [0.25, 0.3) is 0 Å². The molecule has 142 valence electrons. The van der Waals surface area contributed by atoms with E-state index in [-0.39, 0.29) is 11.8 Å². The summed E-state index contributed by atoms with van der Waals surface area (Å²) in [4.78, 5) is 26.5. The van der Waals surface area contributed by atoms with Crippen LogP contribution in [0.1, 0.15) is 41.6 Å². The van der Waals surface area contributed by atoms with Crippen molar-refractivity contribution in [1.82, 2.24) is 4.90 Å². The van der Waals surface area contributed by atoms with Gasteiger partial charge in [0.25, 0.3) is 5.91 Å². The maximum absolute atomic E-state index is 12.5. The molecule has 0 aromatic heterocycles. The first kappa shape index (κ1) is 19.7. The number of benzene rings is 2. The molecule has 0 bridgehead atoms. The zero-order valence-corrected chi connectivity index (χ0v) is 16.5. The van der Waals surface area contributed by atoms with Gasteiger partial charge in [-0.1, -0.05) is 29.3 Å². The zero-order chi connectivity index (χ0) is 19.2. The molecule has 2 aromatic rings. The summed E-state index contributed by atoms with van der Waals surface area (Å²) in [5.41, 5.74) is 2.22. The van der Waals surface area contributed by atoms with Crippen LogP contribution in [0.15, 0.2) is 42.5 Å². The molecule has 6 heteroatoms. The lowest BCUT2D eigenvalue weighted by molar-refractivity contribution is -0.116. The number of anilines is 1. The first-order valence-corrected chi connectivity index (χ1v) is 9.91. The van der Waals surface area contributed by atoms with Gasteiger partial charge in [0.2, 0.25) is 5.91 Å². The zero-order valence-electron chi connectivity index (χ0n) is 15.0. The summed E-state index contributed by atoms with van der Waals surface area (Å²) in [6.07, 6.45) is 4.17. The molecule has 0 atom stereocenters. The van der Waals surface area contributed by atoms with Gasteiger partial charge in [0.05, 0.1) is 0 Å². The van der Waals surface area contributed by atoms with Gasteiger partial charge in [0.1, 0.15) is 0 Å². The molecule has 1 aliphatic rings. The Hall–Kier alpha value is -2.04. The van der Waals surface area contributed by atoms with Gasteiger partial charge < -0.3 is 10.2 Å². The van der Waals surface area contributed by atoms with Crippen molar-refractivity contribution in [3.8, 4) is 0 Å². The van der Waals surface area contributed by atoms with Crippen molar-refractivity contribution >= 4 is 40.7 Å². The third kappa shape index (κ3) is 5.47. The number of amides is 2. The number of hydrogen-bond donors (Lipinski definition) is 1. The Labute approximate surface area is 169 Å². The molecular weight excluding hydrogens is 383 g/mol. The third-order valence-electron chi connectivity index (χ3n) is 4.70. The minimum Gasteiger partial charge on any atom is -0.339 e. The van der Waals surface area contributed by atoms with E-state index in [0.29, 0.717) is 34.1 Å². The van der Waals surface area contributed by atoms with Gasteiger partial charge in [-0.05, 0) is 67.6 Å². The molecule has 1 heterocycles. The minimum atomic E-state index is -0.101. The van der Waals surface area contributed by atoms with Gasteiger partial charge in [0.15, 0.2) is 0 Å². The van der Waals surface area contributed by atoms with Crippen molar-refractivity contribution in [2.45, 2.75) is 32.1 Å². The van der Waals surface area contributed by atoms with E-state index in [0.717, 1.165) is 31.5 Å². The summed E-state index contributed by atoms with van der Waals surface area (Å²) in [6.45, 7) is 1.65. The average Bonchev–Trinajstić information content (AvgIpc) is 2.68. The third-order valence-corrected chi connectivity index (χ3v) is 5.28. The van der Waals surface area contributed by atoms with E-state index in [9.17, 15) is 9.59 Å². The molecule has 1 aliphatic heterocycles. The van der Waals surface area contributed by atoms with E-state index in [1.165, 1.54) is 6.42 Å². The van der Waals surface area contributed by atoms with Crippen molar-refractivity contribution in [2.75, 3.05) is 18.4 Å². The summed E-state index contributed by atoms with van der Waals surface area (Å²) >= 11 is 12.0. The number of nitrogens with zero attached hydrogens (tertiary/aromatic N) is 1. The molecular formula is C21H22Cl2N2O2. The van der Waals surface area contributed by atoms with Crippen LogP contribution in [0, 0.1) is 0 Å². The summed E-state index contributed by atoms with van der Waals surface area (Å²) in [5.74, 6) is -0.0407. The molecule has 0 aliphatic carbocycles. The van der Waals surface area contributed by atoms with Crippen LogP contribution in [-0.4, -0.2) is 29.8 Å². The number of hydrogen-bond acceptors (Lipinski definition) is 2. The summed E-state index contributed by atoms with van der Waals surface area (Å²) < 4.78 is 0. The van der Waals surface area contributed by atoms with Crippen LogP contribution in [0.3, 0.4) is 0 Å². The molecule has 0 spiro atoms. The fourth-order valence-corrected chi connectivity index (χ4v) is 3.67. The fraction of sp³-hybridized carbons (Fsp3) is 0.333. The average molecular weight is 405 g/mol. The van der Waals surface area contributed by atoms with Crippen LogP contribution in [0.5, 0.6) is 0 Å². The molecule has 0 unspecified atom stereocenters. The summed E-state index contributed by atoms with van der Waals surface area (Å²) in [5, 5.41) is 4.00. The Morgan fingerprint density at radius 2 is 1.67 bits per heavy atom. The maximum atomic E-state index is 12.5. The normalized spacial score (nSPS) is 14.1. The topological polar surface area (TPSA) is 49.4 Å². The van der Waals surface area contributed by atoms with Crippen LogP contribution >= 0.6 is 23.2 Å². The predicted octanol–water partition coefficient (Wildman–Crippen LogP) is 5.19. The molecule has 1 N–H and O–H groups in total. The van der Waals surface area contributed by atoms with Crippen molar-refractivity contribution in [3.05, 3.63) is 63.6 Å². The van der Waals surface area contributed by atoms with Crippen molar-refractivity contribution in [2.24, 2.45) is 0 Å². The van der Waals surface area contributed by atoms with E-state index >= 15 is 0 Å². The highest BCUT2D eigenvalue weighted by Crippen LogP contribution is 2.22. The lowest BCUT2D eigenvalue weighted by atomic mass is 10.1. The number of halogens is 2. The van der Waals surface area contributed by atoms with Crippen LogP contribution in [0.4, 0.5) is 5.69 Å². The first-order valence-electron chi connectivity index (χ1n) is 9.16. The Morgan fingerprint density at radius 1 is 0.963 bits per heavy atom. The Bertz CT molecular complexity index is 815. The molecule has 0 saturated carbocycles. The fourth-order valence-electron chi connectivity index (χ4n) is 3.17. The second kappa shape index (κ2) is 9.25. The molecule has 0 radical (unpaired) electrons. The van der Waals surface area contributed by atoms with Crippen molar-refractivity contribution in [1.29, 1.82) is 0 Å². The number of likely N-dealkylation sites (tertiary alicyclic amines) is 1. The molecule has 2 aromatic carbocycles. The molecule has 1 saturated heterocycles. The maximum Gasteiger partial charge on any atom is 0.253 e. The number of nitrogens with one attached hydrogen (secondary N) is 1. The summed E-state index contributed by atoms with van der Waals surface area (Å²) in [7, 11) is 0. The van der Waals surface area contributed by atoms with Crippen molar-refractivity contribution in [3.63, 3.8) is 0 Å². The second-order valence-electron chi connectivity index (χ2n) is 6.71. The Morgan fingerprint density at radius 3 is 2.33 bits per heavy atom. The highest BCUT2D eigenvalue weighted by atomic mass is 35.5. The lowest BCUT2D eigenvalue weighted by Gasteiger charge is -2.26. The lowest BCUT2D eigenvalue weighted by Crippen LogP contribution is -2.35. The van der Waals surface area contributed by atoms with E-state index in [1.807, 2.05) is 11.0 Å². The number of piperidine rings is 1. The van der Waals surface area contributed by atoms with Crippen LogP contribution in [0.2, 0.25) is 10.0 Å². The van der Waals surface area contributed by atoms with Crippen LogP contribution < -0.4 is 5.32 Å². The van der Waals surface area contributed by atoms with Gasteiger partial charge in [-0.3, -0.25) is 9.59 Å². The number of carbonyl (C=O) groups is 2. The molecule has 4 nitrogen and oxygen atoms in total. The summed E-state index contributed by atoms with van der Waals surface area (Å²) in [6, 6.07) is 12.3. The smallest absolute Gasteiger partial charge is 0.253 e. The Kier molecular flexibility index (Phi) is 6.75. The van der Waals surface area contributed by atoms with Crippen LogP contribution in [-0.2, 0) is 11.2 Å². The van der Waals surface area contributed by atoms with Crippen molar-refractivity contribution < 1.29 is 9.59 Å². The first-order chi connectivity index (χ1) is 13.0. The molecule has 27 heavy (non-hydrogen) atoms. The standard InChI is InChI=1S/C21H22Cl2N2O2/c22-17-8-4-15(19(23)14-17)7-11-20(26)24-18-9-5-16(6-10-18)21(27)25-12-2-1-3-13-25/h4-6,8-10,14H,1-3,7,11-13H2,(H,24,26). The largest absolute Gasteiger partial charge is 0.339 e. The highest BCUT2D eigenvalue weighted by molar-refractivity contribution is 6.35. The second-order valence-corrected chi connectivity index (χ2v) is 7.56. The van der Waals surface area contributed by atoms with Gasteiger partial charge in [-0.15, -0.1) is 0 Å². The highest BCUT2D eigenvalue weighted by Gasteiger charge is 2.18. The quantitative estimate of drug-likeness (QED) is 0.744. The predicted molar refractivity (Wildman–Crippen MR) is 110 cm³/mol. The van der Waals surface area contributed by atoms with Gasteiger partial charge >= 0.3 is 0 Å². The monoisotopic (exact) mass is 404 g/mol. The van der Waals surface area contributed by atoms with E-state index in [4.69, 9.17) is 23.2 Å². The minimum absolute atomic E-state index is 0.0601. The molecule has 3 rings (SSSR count). The van der Waals surface area contributed by atoms with E-state index < -0.39 is 0 Å².